The molecule has 10 heterocycles. The summed E-state index contributed by atoms with van der Waals surface area (Å²) in [6.45, 7) is 5.75. The molecule has 0 N–H and O–H groups in total. The van der Waals surface area contributed by atoms with Crippen LogP contribution in [0, 0.1) is 18.3 Å². The summed E-state index contributed by atoms with van der Waals surface area (Å²) in [5.74, 6) is 1.06. The fourth-order valence-corrected chi connectivity index (χ4v) is 23.7. The van der Waals surface area contributed by atoms with Gasteiger partial charge in [0.2, 0.25) is 11.8 Å². The fourth-order valence-electron chi connectivity index (χ4n) is 23.7. The SMILES string of the molecule is CC(C)(C#N)c1ccc(-n2c3ccc(-n4c5ccccc5c5ccccc54)cc3c3cc(-n4c5ccccc5c5ccccc54)ccc32)cc1.Cc1nnc(-c2cccc(-n3c4ccc(-n5c6ccccc6c6ccccc65)cc4c4cc(-n5c6ccccc6c6ccccc65)ccc43)c2)o1.c1ccc(-n2c3ccc(-n4c5ccccc5c5ccccc54)cc3c3cc(-n4c5ccccc5c5ccccc54)ccc32)cc1. The summed E-state index contributed by atoms with van der Waals surface area (Å²) >= 11 is 0. The molecule has 13 nitrogen and oxygen atoms in total. The minimum Gasteiger partial charge on any atom is -0.421 e. The van der Waals surface area contributed by atoms with Crippen LogP contribution in [0.2, 0.25) is 0 Å². The van der Waals surface area contributed by atoms with Crippen LogP contribution in [0.3, 0.4) is 0 Å². The molecule has 31 rings (SSSR count). The summed E-state index contributed by atoms with van der Waals surface area (Å²) in [5.41, 5.74) is 32.7. The van der Waals surface area contributed by atoms with E-state index < -0.39 is 5.41 Å². The lowest BCUT2D eigenvalue weighted by atomic mass is 9.86. The van der Waals surface area contributed by atoms with Crippen molar-refractivity contribution in [3.8, 4) is 68.7 Å². The number of nitrogens with zero attached hydrogens (tertiary/aromatic N) is 12. The van der Waals surface area contributed by atoms with E-state index in [0.717, 1.165) is 84.4 Å². The van der Waals surface area contributed by atoms with E-state index in [0.29, 0.717) is 11.8 Å². The molecule has 21 aromatic carbocycles. The predicted molar refractivity (Wildman–Crippen MR) is 605 cm³/mol. The Morgan fingerprint density at radius 2 is 0.370 bits per heavy atom. The van der Waals surface area contributed by atoms with Crippen LogP contribution >= 0.6 is 0 Å². The van der Waals surface area contributed by atoms with Crippen LogP contribution < -0.4 is 0 Å². The standard InChI is InChI=1S/C46H32N4.C45H29N5O.C42H27N3/c1-46(2,29-47)30-19-21-31(22-20-30)48-44-25-23-32(49-40-15-7-3-11-34(40)35-12-4-8-16-41(35)49)27-38(44)39-28-33(24-26-45(39)48)50-42-17-9-5-13-36(42)37-14-6-10-18-43(37)50;1-28-46-47-45(51-28)29-11-10-12-30(25-29)48-43-23-21-31(49-39-17-6-2-13-33(39)34-14-3-7-18-40(34)49)26-37(43)38-27-32(22-24-44(38)48)50-41-19-8-4-15-35(41)36-16-5-9-20-42(36)50;1-2-12-28(13-3-1)43-41-24-22-29(44-37-18-8-4-14-31(37)32-15-5-9-19-38(32)44)26-35(41)36-27-30(23-25-42(36)43)45-39-20-10-6-16-33(39)34-17-7-11-21-40(34)45/h3-28H,1-2H3;2-27H,1H3;1-27H. The van der Waals surface area contributed by atoms with Crippen LogP contribution in [0.15, 0.2) is 484 Å². The summed E-state index contributed by atoms with van der Waals surface area (Å²) in [4.78, 5) is 0. The largest absolute Gasteiger partial charge is 0.421 e. The molecule has 0 atom stereocenters. The van der Waals surface area contributed by atoms with Crippen molar-refractivity contribution in [3.05, 3.63) is 491 Å². The van der Waals surface area contributed by atoms with Crippen molar-refractivity contribution in [2.45, 2.75) is 26.2 Å². The molecule has 0 aliphatic rings. The van der Waals surface area contributed by atoms with Gasteiger partial charge in [0.15, 0.2) is 0 Å². The van der Waals surface area contributed by atoms with Crippen LogP contribution in [-0.4, -0.2) is 51.3 Å². The van der Waals surface area contributed by atoms with Crippen LogP contribution in [0.25, 0.3) is 259 Å². The summed E-state index contributed by atoms with van der Waals surface area (Å²) in [5, 5.41) is 40.4. The first kappa shape index (κ1) is 83.4. The van der Waals surface area contributed by atoms with Gasteiger partial charge in [-0.15, -0.1) is 10.2 Å². The first-order valence-corrected chi connectivity index (χ1v) is 49.7. The lowest BCUT2D eigenvalue weighted by Gasteiger charge is -2.17. The Balaban J connectivity index is 0.000000104. The number of hydrogen-bond acceptors (Lipinski definition) is 4. The molecule has 686 valence electrons. The van der Waals surface area contributed by atoms with Gasteiger partial charge < -0.3 is 45.5 Å². The number of aromatic nitrogens is 11. The summed E-state index contributed by atoms with van der Waals surface area (Å²) in [6.07, 6.45) is 0. The molecule has 146 heavy (non-hydrogen) atoms. The monoisotopic (exact) mass is 1870 g/mol. The van der Waals surface area contributed by atoms with Crippen molar-refractivity contribution < 1.29 is 4.42 Å². The van der Waals surface area contributed by atoms with E-state index >= 15 is 0 Å². The number of aryl methyl sites for hydroxylation is 1. The molecule has 13 heteroatoms. The Morgan fingerprint density at radius 1 is 0.185 bits per heavy atom. The topological polar surface area (TPSA) is 107 Å². The number of rotatable bonds is 11. The van der Waals surface area contributed by atoms with Crippen molar-refractivity contribution in [1.82, 2.24) is 51.3 Å². The van der Waals surface area contributed by atoms with Crippen molar-refractivity contribution in [3.63, 3.8) is 0 Å². The smallest absolute Gasteiger partial charge is 0.247 e. The molecule has 0 bridgehead atoms. The van der Waals surface area contributed by atoms with Crippen LogP contribution in [0.4, 0.5) is 0 Å². The maximum Gasteiger partial charge on any atom is 0.247 e. The second kappa shape index (κ2) is 32.8. The summed E-state index contributed by atoms with van der Waals surface area (Å²) in [6, 6.07) is 176. The predicted octanol–water partition coefficient (Wildman–Crippen LogP) is 34.1. The molecule has 0 saturated carbocycles. The third-order valence-corrected chi connectivity index (χ3v) is 30.2. The molecular weight excluding hydrogens is 1780 g/mol. The molecule has 0 aliphatic heterocycles. The van der Waals surface area contributed by atoms with Gasteiger partial charge in [-0.3, -0.25) is 0 Å². The van der Waals surface area contributed by atoms with Gasteiger partial charge in [-0.05, 0) is 244 Å². The van der Waals surface area contributed by atoms with Gasteiger partial charge in [0.05, 0.1) is 111 Å². The highest BCUT2D eigenvalue weighted by molar-refractivity contribution is 6.20. The number of para-hydroxylation sites is 13. The zero-order chi connectivity index (χ0) is 96.7. The van der Waals surface area contributed by atoms with Crippen molar-refractivity contribution in [1.29, 1.82) is 5.26 Å². The molecule has 0 spiro atoms. The third-order valence-electron chi connectivity index (χ3n) is 30.2. The molecular formula is C133H88N12O. The fraction of sp³-hybridized carbons (Fsp3) is 0.0301. The molecule has 0 radical (unpaired) electrons. The van der Waals surface area contributed by atoms with Crippen LogP contribution in [0.5, 0.6) is 0 Å². The molecule has 10 aromatic heterocycles. The molecule has 0 saturated heterocycles. The molecule has 0 aliphatic carbocycles. The van der Waals surface area contributed by atoms with E-state index in [1.54, 1.807) is 0 Å². The van der Waals surface area contributed by atoms with Crippen LogP contribution in [-0.2, 0) is 5.41 Å². The van der Waals surface area contributed by atoms with E-state index in [-0.39, 0.29) is 0 Å². The van der Waals surface area contributed by atoms with Gasteiger partial charge in [-0.25, -0.2) is 0 Å². The molecule has 31 aromatic rings. The average Bonchev–Trinajstić information content (AvgIpc) is 1.57. The highest BCUT2D eigenvalue weighted by atomic mass is 16.4. The lowest BCUT2D eigenvalue weighted by molar-refractivity contribution is 0.533. The average molecular weight is 1870 g/mol. The lowest BCUT2D eigenvalue weighted by Crippen LogP contribution is -2.13. The van der Waals surface area contributed by atoms with Gasteiger partial charge in [0, 0.05) is 161 Å². The van der Waals surface area contributed by atoms with Gasteiger partial charge >= 0.3 is 0 Å². The number of fused-ring (bicyclic) bond motifs is 27. The summed E-state index contributed by atoms with van der Waals surface area (Å²) < 4.78 is 27.3. The quantitative estimate of drug-likeness (QED) is 0.129. The number of nitriles is 1. The Morgan fingerprint density at radius 3 is 0.589 bits per heavy atom. The van der Waals surface area contributed by atoms with E-state index in [9.17, 15) is 5.26 Å². The second-order valence-electron chi connectivity index (χ2n) is 38.7. The molecule has 0 fully saturated rings. The van der Waals surface area contributed by atoms with Crippen molar-refractivity contribution in [2.24, 2.45) is 0 Å². The van der Waals surface area contributed by atoms with Gasteiger partial charge in [-0.1, -0.05) is 255 Å². The van der Waals surface area contributed by atoms with Crippen molar-refractivity contribution >= 4 is 196 Å². The van der Waals surface area contributed by atoms with E-state index in [1.807, 2.05) is 26.8 Å². The van der Waals surface area contributed by atoms with E-state index in [4.69, 9.17) is 4.42 Å². The normalized spacial score (nSPS) is 12.1. The summed E-state index contributed by atoms with van der Waals surface area (Å²) in [7, 11) is 0. The van der Waals surface area contributed by atoms with Crippen LogP contribution in [0.1, 0.15) is 25.3 Å². The van der Waals surface area contributed by atoms with Gasteiger partial charge in [-0.2, -0.15) is 5.26 Å². The first-order valence-electron chi connectivity index (χ1n) is 49.7. The number of benzene rings is 21. The zero-order valence-corrected chi connectivity index (χ0v) is 79.9. The Hall–Kier alpha value is -19.6. The Labute approximate surface area is 837 Å². The third kappa shape index (κ3) is 12.8. The minimum atomic E-state index is -0.562. The zero-order valence-electron chi connectivity index (χ0n) is 79.9. The Bertz CT molecular complexity index is 10100. The molecule has 0 amide bonds. The number of hydrogen-bond donors (Lipinski definition) is 0. The Kier molecular flexibility index (Phi) is 18.7. The molecule has 0 unspecified atom stereocenters. The first-order chi connectivity index (χ1) is 72.1. The van der Waals surface area contributed by atoms with E-state index in [2.05, 4.69) is 531 Å². The van der Waals surface area contributed by atoms with Gasteiger partial charge in [0.25, 0.3) is 0 Å². The maximum absolute atomic E-state index is 9.80. The van der Waals surface area contributed by atoms with Gasteiger partial charge in [0.1, 0.15) is 0 Å². The highest BCUT2D eigenvalue weighted by Crippen LogP contribution is 2.47. The van der Waals surface area contributed by atoms with E-state index in [1.165, 1.54) is 174 Å². The maximum atomic E-state index is 9.80. The second-order valence-corrected chi connectivity index (χ2v) is 38.7. The van der Waals surface area contributed by atoms with Crippen molar-refractivity contribution in [2.75, 3.05) is 0 Å². The minimum absolute atomic E-state index is 0.511. The highest BCUT2D eigenvalue weighted by Gasteiger charge is 2.27.